The van der Waals surface area contributed by atoms with Crippen LogP contribution in [0.4, 0.5) is 5.69 Å². The van der Waals surface area contributed by atoms with E-state index in [4.69, 9.17) is 15.9 Å². The van der Waals surface area contributed by atoms with E-state index in [2.05, 4.69) is 10.3 Å². The smallest absolute Gasteiger partial charge is 0.317 e. The lowest BCUT2D eigenvalue weighted by Crippen LogP contribution is -2.46. The first-order valence-corrected chi connectivity index (χ1v) is 12.5. The van der Waals surface area contributed by atoms with Crippen molar-refractivity contribution in [1.29, 1.82) is 0 Å². The molecular weight excluding hydrogens is 560 g/mol. The van der Waals surface area contributed by atoms with E-state index in [0.717, 1.165) is 4.90 Å². The third kappa shape index (κ3) is 12.1. The van der Waals surface area contributed by atoms with Gasteiger partial charge in [0.15, 0.2) is 0 Å². The lowest BCUT2D eigenvalue weighted by molar-refractivity contribution is -0.143. The van der Waals surface area contributed by atoms with E-state index in [0.29, 0.717) is 16.5 Å². The fourth-order valence-electron chi connectivity index (χ4n) is 4.18. The number of H-pyrrole nitrogens is 1. The van der Waals surface area contributed by atoms with Gasteiger partial charge in [0.05, 0.1) is 44.7 Å². The van der Waals surface area contributed by atoms with Crippen LogP contribution in [0, 0.1) is 0 Å². The molecule has 1 heterocycles. The number of aromatic amines is 1. The van der Waals surface area contributed by atoms with Gasteiger partial charge in [-0.25, -0.2) is 0 Å². The van der Waals surface area contributed by atoms with Crippen LogP contribution in [0.2, 0.25) is 0 Å². The minimum Gasteiger partial charge on any atom is -0.480 e. The monoisotopic (exact) mass is 592 g/mol. The highest BCUT2D eigenvalue weighted by atomic mass is 16.4. The molecule has 17 heteroatoms. The Morgan fingerprint density at radius 3 is 1.69 bits per heavy atom. The molecule has 0 saturated carbocycles. The molecule has 0 saturated heterocycles. The first-order chi connectivity index (χ1) is 19.7. The lowest BCUT2D eigenvalue weighted by atomic mass is 10.1. The number of hydrogen-bond donors (Lipinski definition) is 7. The summed E-state index contributed by atoms with van der Waals surface area (Å²) in [5, 5.41) is 39.7. The second-order valence-corrected chi connectivity index (χ2v) is 9.38. The summed E-state index contributed by atoms with van der Waals surface area (Å²) in [5.41, 5.74) is 5.79. The molecule has 1 aromatic carbocycles. The van der Waals surface area contributed by atoms with Gasteiger partial charge < -0.3 is 36.5 Å². The molecule has 1 aromatic heterocycles. The molecule has 0 atom stereocenters. The average molecular weight is 593 g/mol. The lowest BCUT2D eigenvalue weighted by Gasteiger charge is -2.27. The fraction of sp³-hybridized carbons (Fsp3) is 0.400. The number of amides is 2. The maximum absolute atomic E-state index is 12.8. The number of nitrogens with one attached hydrogen (secondary N) is 2. The van der Waals surface area contributed by atoms with Crippen molar-refractivity contribution in [2.45, 2.75) is 6.42 Å². The van der Waals surface area contributed by atoms with Crippen LogP contribution in [0.5, 0.6) is 0 Å². The van der Waals surface area contributed by atoms with Crippen LogP contribution >= 0.6 is 0 Å². The highest BCUT2D eigenvalue weighted by Gasteiger charge is 2.20. The number of carbonyl (C=O) groups is 6. The van der Waals surface area contributed by atoms with Crippen LogP contribution in [-0.4, -0.2) is 135 Å². The van der Waals surface area contributed by atoms with Gasteiger partial charge in [-0.1, -0.05) is 6.07 Å². The molecule has 8 N–H and O–H groups in total. The molecule has 228 valence electrons. The zero-order chi connectivity index (χ0) is 31.4. The first-order valence-electron chi connectivity index (χ1n) is 12.5. The molecule has 2 rings (SSSR count). The summed E-state index contributed by atoms with van der Waals surface area (Å²) >= 11 is 0. The largest absolute Gasteiger partial charge is 0.480 e. The number of fused-ring (bicyclic) bond motifs is 1. The number of nitrogens with two attached hydrogens (primary N) is 1. The van der Waals surface area contributed by atoms with Gasteiger partial charge in [0, 0.05) is 43.3 Å². The average Bonchev–Trinajstić information content (AvgIpc) is 2.83. The number of pyridine rings is 1. The van der Waals surface area contributed by atoms with Crippen LogP contribution in [0.25, 0.3) is 10.9 Å². The van der Waals surface area contributed by atoms with Gasteiger partial charge >= 0.3 is 23.9 Å². The molecule has 2 aromatic rings. The molecule has 0 aliphatic rings. The highest BCUT2D eigenvalue weighted by Crippen LogP contribution is 2.20. The Bertz CT molecular complexity index is 1380. The summed E-state index contributed by atoms with van der Waals surface area (Å²) in [6.45, 7) is -2.81. The van der Waals surface area contributed by atoms with Gasteiger partial charge in [-0.15, -0.1) is 0 Å². The standard InChI is InChI=1S/C25H32N6O11/c26-19(32)7-15-8-20(33)28-18-9-16(1-2-17(15)18)27-21(34)10-30(12-23(37)38)5-3-29(11-22(35)36)4-6-31(13-24(39)40)14-25(41)42/h1-2,8-9H,3-7,10-14H2,(H2,26,32)(H,27,34)(H,28,33)(H,35,36)(H,37,38)(H,39,40)(H,41,42). The van der Waals surface area contributed by atoms with Gasteiger partial charge in [-0.2, -0.15) is 0 Å². The van der Waals surface area contributed by atoms with Gasteiger partial charge in [0.2, 0.25) is 17.4 Å². The molecule has 0 aliphatic heterocycles. The van der Waals surface area contributed by atoms with Gasteiger partial charge in [-0.3, -0.25) is 48.3 Å². The third-order valence-corrected chi connectivity index (χ3v) is 5.84. The molecule has 0 spiro atoms. The van der Waals surface area contributed by atoms with E-state index in [1.54, 1.807) is 6.07 Å². The van der Waals surface area contributed by atoms with E-state index in [-0.39, 0.29) is 38.3 Å². The summed E-state index contributed by atoms with van der Waals surface area (Å²) in [7, 11) is 0. The van der Waals surface area contributed by atoms with Crippen molar-refractivity contribution in [3.05, 3.63) is 40.2 Å². The Morgan fingerprint density at radius 1 is 0.714 bits per heavy atom. The Balaban J connectivity index is 2.09. The number of nitrogens with zero attached hydrogens (tertiary/aromatic N) is 3. The SMILES string of the molecule is NC(=O)Cc1cc(=O)[nH]c2cc(NC(=O)CN(CCN(CCN(CC(=O)O)CC(=O)O)CC(=O)O)CC(=O)O)ccc12. The second-order valence-electron chi connectivity index (χ2n) is 9.38. The Labute approximate surface area is 238 Å². The second kappa shape index (κ2) is 15.8. The molecular formula is C25H32N6O11. The molecule has 0 fully saturated rings. The van der Waals surface area contributed by atoms with Crippen LogP contribution < -0.4 is 16.6 Å². The molecule has 0 radical (unpaired) electrons. The summed E-state index contributed by atoms with van der Waals surface area (Å²) in [4.78, 5) is 87.2. The number of carbonyl (C=O) groups excluding carboxylic acids is 2. The summed E-state index contributed by atoms with van der Waals surface area (Å²) < 4.78 is 0. The predicted octanol–water partition coefficient (Wildman–Crippen LogP) is -2.26. The van der Waals surface area contributed by atoms with E-state index in [9.17, 15) is 43.8 Å². The minimum atomic E-state index is -1.26. The summed E-state index contributed by atoms with van der Waals surface area (Å²) in [6.07, 6.45) is -0.160. The van der Waals surface area contributed by atoms with E-state index < -0.39 is 74.0 Å². The van der Waals surface area contributed by atoms with Crippen molar-refractivity contribution in [1.82, 2.24) is 19.7 Å². The van der Waals surface area contributed by atoms with Crippen molar-refractivity contribution in [3.8, 4) is 0 Å². The van der Waals surface area contributed by atoms with Crippen molar-refractivity contribution >= 4 is 52.3 Å². The van der Waals surface area contributed by atoms with E-state index in [1.165, 1.54) is 28.0 Å². The van der Waals surface area contributed by atoms with Crippen molar-refractivity contribution in [3.63, 3.8) is 0 Å². The summed E-state index contributed by atoms with van der Waals surface area (Å²) in [6, 6.07) is 5.82. The number of rotatable bonds is 19. The maximum atomic E-state index is 12.8. The number of primary amides is 1. The van der Waals surface area contributed by atoms with Gasteiger partial charge in [-0.05, 0) is 17.7 Å². The number of anilines is 1. The van der Waals surface area contributed by atoms with Crippen LogP contribution in [0.1, 0.15) is 5.56 Å². The number of carboxylic acid groups (broad SMARTS) is 4. The van der Waals surface area contributed by atoms with Crippen LogP contribution in [-0.2, 0) is 35.2 Å². The van der Waals surface area contributed by atoms with Crippen LogP contribution in [0.15, 0.2) is 29.1 Å². The van der Waals surface area contributed by atoms with Crippen molar-refractivity contribution in [2.24, 2.45) is 5.73 Å². The van der Waals surface area contributed by atoms with Crippen LogP contribution in [0.3, 0.4) is 0 Å². The number of hydrogen-bond acceptors (Lipinski definition) is 10. The maximum Gasteiger partial charge on any atom is 0.317 e. The Kier molecular flexibility index (Phi) is 12.5. The van der Waals surface area contributed by atoms with Gasteiger partial charge in [0.25, 0.3) is 0 Å². The molecule has 2 amide bonds. The Morgan fingerprint density at radius 2 is 1.19 bits per heavy atom. The number of carboxylic acids is 4. The summed E-state index contributed by atoms with van der Waals surface area (Å²) in [5.74, 6) is -6.21. The quantitative estimate of drug-likeness (QED) is 0.0908. The topological polar surface area (TPSA) is 264 Å². The van der Waals surface area contributed by atoms with Gasteiger partial charge in [0.1, 0.15) is 0 Å². The Hall–Kier alpha value is -4.87. The first kappa shape index (κ1) is 33.3. The van der Waals surface area contributed by atoms with Crippen molar-refractivity contribution in [2.75, 3.05) is 64.2 Å². The third-order valence-electron chi connectivity index (χ3n) is 5.84. The fourth-order valence-corrected chi connectivity index (χ4v) is 4.18. The zero-order valence-electron chi connectivity index (χ0n) is 22.4. The van der Waals surface area contributed by atoms with E-state index in [1.807, 2.05) is 0 Å². The molecule has 0 bridgehead atoms. The normalized spacial score (nSPS) is 11.2. The number of benzene rings is 1. The predicted molar refractivity (Wildman–Crippen MR) is 146 cm³/mol. The molecule has 0 unspecified atom stereocenters. The number of aromatic nitrogens is 1. The number of aliphatic carboxylic acids is 4. The molecule has 17 nitrogen and oxygen atoms in total. The minimum absolute atomic E-state index is 0.0271. The molecule has 0 aliphatic carbocycles. The molecule has 42 heavy (non-hydrogen) atoms. The van der Waals surface area contributed by atoms with Crippen molar-refractivity contribution < 1.29 is 49.2 Å². The highest BCUT2D eigenvalue weighted by molar-refractivity contribution is 5.96. The zero-order valence-corrected chi connectivity index (χ0v) is 22.4. The van der Waals surface area contributed by atoms with E-state index >= 15 is 0 Å².